The molecule has 3 nitrogen and oxygen atoms in total. The molecule has 1 aromatic carbocycles. The van der Waals surface area contributed by atoms with Crippen molar-refractivity contribution < 1.29 is 4.39 Å². The average molecular weight is 322 g/mol. The van der Waals surface area contributed by atoms with Gasteiger partial charge in [0.2, 0.25) is 5.28 Å². The maximum Gasteiger partial charge on any atom is 0.225 e. The molecule has 0 fully saturated rings. The molecule has 3 rings (SSSR count). The molecule has 3 aromatic rings. The lowest BCUT2D eigenvalue weighted by Gasteiger charge is -2.16. The second kappa shape index (κ2) is 5.58. The molecule has 0 bridgehead atoms. The van der Waals surface area contributed by atoms with Crippen LogP contribution in [0.4, 0.5) is 10.2 Å². The van der Waals surface area contributed by atoms with Crippen molar-refractivity contribution in [2.45, 2.75) is 19.9 Å². The quantitative estimate of drug-likeness (QED) is 0.692. The number of hydrogen-bond acceptors (Lipinski definition) is 4. The fraction of sp³-hybridized carbons (Fsp3) is 0.200. The van der Waals surface area contributed by atoms with E-state index in [0.29, 0.717) is 11.4 Å². The van der Waals surface area contributed by atoms with E-state index in [9.17, 15) is 4.39 Å². The monoisotopic (exact) mass is 321 g/mol. The van der Waals surface area contributed by atoms with Gasteiger partial charge in [0.1, 0.15) is 16.5 Å². The Kier molecular flexibility index (Phi) is 3.78. The maximum atomic E-state index is 13.7. The molecule has 1 unspecified atom stereocenters. The Balaban J connectivity index is 1.94. The summed E-state index contributed by atoms with van der Waals surface area (Å²) in [6.07, 6.45) is 0. The second-order valence-corrected chi connectivity index (χ2v) is 6.09. The predicted octanol–water partition coefficient (Wildman–Crippen LogP) is 4.97. The highest BCUT2D eigenvalue weighted by molar-refractivity contribution is 7.16. The van der Waals surface area contributed by atoms with Crippen molar-refractivity contribution in [3.63, 3.8) is 0 Å². The van der Waals surface area contributed by atoms with Gasteiger partial charge in [-0.05, 0) is 54.1 Å². The van der Waals surface area contributed by atoms with E-state index in [1.807, 2.05) is 24.4 Å². The molecule has 0 amide bonds. The van der Waals surface area contributed by atoms with Crippen LogP contribution >= 0.6 is 22.9 Å². The predicted molar refractivity (Wildman–Crippen MR) is 85.6 cm³/mol. The lowest BCUT2D eigenvalue weighted by atomic mass is 10.1. The fourth-order valence-electron chi connectivity index (χ4n) is 2.11. The van der Waals surface area contributed by atoms with Crippen LogP contribution in [-0.2, 0) is 0 Å². The molecule has 0 aliphatic rings. The zero-order chi connectivity index (χ0) is 15.0. The Labute approximate surface area is 130 Å². The topological polar surface area (TPSA) is 37.8 Å². The SMILES string of the molecule is Cc1ccc(C(C)Nc2nc(Cl)nc3sccc23)cc1F. The molecule has 108 valence electrons. The third-order valence-corrected chi connectivity index (χ3v) is 4.32. The molecule has 21 heavy (non-hydrogen) atoms. The highest BCUT2D eigenvalue weighted by atomic mass is 35.5. The van der Waals surface area contributed by atoms with Crippen LogP contribution in [0.15, 0.2) is 29.6 Å². The van der Waals surface area contributed by atoms with E-state index in [0.717, 1.165) is 15.8 Å². The van der Waals surface area contributed by atoms with Crippen LogP contribution in [0.5, 0.6) is 0 Å². The van der Waals surface area contributed by atoms with Crippen LogP contribution < -0.4 is 5.32 Å². The summed E-state index contributed by atoms with van der Waals surface area (Å²) in [4.78, 5) is 9.24. The van der Waals surface area contributed by atoms with Gasteiger partial charge in [-0.15, -0.1) is 11.3 Å². The van der Waals surface area contributed by atoms with E-state index in [4.69, 9.17) is 11.6 Å². The molecule has 1 atom stereocenters. The van der Waals surface area contributed by atoms with Gasteiger partial charge in [-0.1, -0.05) is 12.1 Å². The van der Waals surface area contributed by atoms with Crippen LogP contribution in [0.3, 0.4) is 0 Å². The number of halogens is 2. The van der Waals surface area contributed by atoms with Crippen LogP contribution in [0.25, 0.3) is 10.2 Å². The number of fused-ring (bicyclic) bond motifs is 1. The number of nitrogens with zero attached hydrogens (tertiary/aromatic N) is 2. The minimum Gasteiger partial charge on any atom is -0.363 e. The molecular weight excluding hydrogens is 309 g/mol. The molecule has 6 heteroatoms. The van der Waals surface area contributed by atoms with Crippen molar-refractivity contribution in [1.29, 1.82) is 0 Å². The molecule has 0 aliphatic carbocycles. The first-order valence-corrected chi connectivity index (χ1v) is 7.73. The summed E-state index contributed by atoms with van der Waals surface area (Å²) >= 11 is 7.45. The first kappa shape index (κ1) is 14.2. The molecule has 0 saturated carbocycles. The van der Waals surface area contributed by atoms with E-state index < -0.39 is 0 Å². The highest BCUT2D eigenvalue weighted by Gasteiger charge is 2.12. The Morgan fingerprint density at radius 1 is 1.29 bits per heavy atom. The number of thiophene rings is 1. The lowest BCUT2D eigenvalue weighted by molar-refractivity contribution is 0.614. The molecular formula is C15H13ClFN3S. The summed E-state index contributed by atoms with van der Waals surface area (Å²) in [5, 5.41) is 6.34. The number of hydrogen-bond donors (Lipinski definition) is 1. The first-order valence-electron chi connectivity index (χ1n) is 6.48. The zero-order valence-corrected chi connectivity index (χ0v) is 13.1. The van der Waals surface area contributed by atoms with E-state index in [2.05, 4.69) is 15.3 Å². The van der Waals surface area contributed by atoms with Gasteiger partial charge in [0.05, 0.1) is 11.4 Å². The Morgan fingerprint density at radius 2 is 2.10 bits per heavy atom. The maximum absolute atomic E-state index is 13.7. The third-order valence-electron chi connectivity index (χ3n) is 3.35. The number of rotatable bonds is 3. The second-order valence-electron chi connectivity index (χ2n) is 4.86. The smallest absolute Gasteiger partial charge is 0.225 e. The van der Waals surface area contributed by atoms with Crippen molar-refractivity contribution in [2.75, 3.05) is 5.32 Å². The van der Waals surface area contributed by atoms with E-state index >= 15 is 0 Å². The summed E-state index contributed by atoms with van der Waals surface area (Å²) < 4.78 is 13.7. The Hall–Kier alpha value is -1.72. The van der Waals surface area contributed by atoms with Crippen molar-refractivity contribution in [3.8, 4) is 0 Å². The normalized spacial score (nSPS) is 12.6. The number of anilines is 1. The van der Waals surface area contributed by atoms with E-state index in [1.54, 1.807) is 19.1 Å². The number of benzene rings is 1. The van der Waals surface area contributed by atoms with Crippen molar-refractivity contribution in [2.24, 2.45) is 0 Å². The van der Waals surface area contributed by atoms with Gasteiger partial charge in [0.15, 0.2) is 0 Å². The molecule has 1 N–H and O–H groups in total. The lowest BCUT2D eigenvalue weighted by Crippen LogP contribution is -2.09. The molecule has 2 heterocycles. The minimum absolute atomic E-state index is 0.0887. The Morgan fingerprint density at radius 3 is 2.86 bits per heavy atom. The van der Waals surface area contributed by atoms with Gasteiger partial charge < -0.3 is 5.32 Å². The summed E-state index contributed by atoms with van der Waals surface area (Å²) in [5.41, 5.74) is 1.49. The van der Waals surface area contributed by atoms with Gasteiger partial charge >= 0.3 is 0 Å². The molecule has 0 saturated heterocycles. The first-order chi connectivity index (χ1) is 10.0. The summed E-state index contributed by atoms with van der Waals surface area (Å²) in [6.45, 7) is 3.70. The summed E-state index contributed by atoms with van der Waals surface area (Å²) in [5.74, 6) is 0.460. The van der Waals surface area contributed by atoms with Gasteiger partial charge in [-0.2, -0.15) is 0 Å². The van der Waals surface area contributed by atoms with Gasteiger partial charge in [0.25, 0.3) is 0 Å². The molecule has 0 spiro atoms. The molecule has 2 aromatic heterocycles. The standard InChI is InChI=1S/C15H13ClFN3S/c1-8-3-4-10(7-12(8)17)9(2)18-13-11-5-6-21-14(11)20-15(16)19-13/h3-7,9H,1-2H3,(H,18,19,20). The minimum atomic E-state index is -0.206. The number of nitrogens with one attached hydrogen (secondary N) is 1. The average Bonchev–Trinajstić information content (AvgIpc) is 2.90. The van der Waals surface area contributed by atoms with Crippen LogP contribution in [0, 0.1) is 12.7 Å². The van der Waals surface area contributed by atoms with Crippen molar-refractivity contribution in [1.82, 2.24) is 9.97 Å². The van der Waals surface area contributed by atoms with E-state index in [1.165, 1.54) is 11.3 Å². The number of aromatic nitrogens is 2. The molecule has 0 aliphatic heterocycles. The fourth-order valence-corrected chi connectivity index (χ4v) is 3.09. The largest absolute Gasteiger partial charge is 0.363 e. The highest BCUT2D eigenvalue weighted by Crippen LogP contribution is 2.29. The summed E-state index contributed by atoms with van der Waals surface area (Å²) in [7, 11) is 0. The van der Waals surface area contributed by atoms with Gasteiger partial charge in [-0.3, -0.25) is 0 Å². The van der Waals surface area contributed by atoms with Crippen molar-refractivity contribution in [3.05, 3.63) is 51.9 Å². The summed E-state index contributed by atoms with van der Waals surface area (Å²) in [6, 6.07) is 7.08. The third kappa shape index (κ3) is 2.84. The zero-order valence-electron chi connectivity index (χ0n) is 11.5. The number of aryl methyl sites for hydroxylation is 1. The van der Waals surface area contributed by atoms with E-state index in [-0.39, 0.29) is 17.1 Å². The van der Waals surface area contributed by atoms with Crippen molar-refractivity contribution >= 4 is 39.0 Å². The van der Waals surface area contributed by atoms with Crippen LogP contribution in [-0.4, -0.2) is 9.97 Å². The van der Waals surface area contributed by atoms with Crippen LogP contribution in [0.2, 0.25) is 5.28 Å². The van der Waals surface area contributed by atoms with Gasteiger partial charge in [0, 0.05) is 0 Å². The van der Waals surface area contributed by atoms with Gasteiger partial charge in [-0.25, -0.2) is 14.4 Å². The molecule has 0 radical (unpaired) electrons. The Bertz CT molecular complexity index is 803. The van der Waals surface area contributed by atoms with Crippen LogP contribution in [0.1, 0.15) is 24.1 Å².